The largest absolute Gasteiger partial charge is 0.416 e. The number of anilines is 1. The van der Waals surface area contributed by atoms with E-state index in [-0.39, 0.29) is 10.6 Å². The molecule has 0 spiro atoms. The molecule has 3 N–H and O–H groups in total. The maximum Gasteiger partial charge on any atom is 0.416 e. The molecule has 0 bridgehead atoms. The summed E-state index contributed by atoms with van der Waals surface area (Å²) in [6.45, 7) is 4.09. The lowest BCUT2D eigenvalue weighted by Crippen LogP contribution is -2.47. The van der Waals surface area contributed by atoms with Crippen molar-refractivity contribution in [1.29, 1.82) is 0 Å². The van der Waals surface area contributed by atoms with Gasteiger partial charge in [0, 0.05) is 12.6 Å². The first-order chi connectivity index (χ1) is 15.5. The van der Waals surface area contributed by atoms with Crippen LogP contribution in [0.4, 0.5) is 18.9 Å². The molecule has 0 fully saturated rings. The van der Waals surface area contributed by atoms with Gasteiger partial charge in [0.15, 0.2) is 0 Å². The van der Waals surface area contributed by atoms with Crippen molar-refractivity contribution in [2.45, 2.75) is 42.8 Å². The van der Waals surface area contributed by atoms with Gasteiger partial charge in [-0.15, -0.1) is 0 Å². The zero-order valence-electron chi connectivity index (χ0n) is 18.2. The molecular weight excluding hydrogens is 499 g/mol. The highest BCUT2D eigenvalue weighted by Crippen LogP contribution is 2.30. The highest BCUT2D eigenvalue weighted by atomic mass is 32.2. The molecule has 0 aliphatic rings. The molecule has 34 heavy (non-hydrogen) atoms. The van der Waals surface area contributed by atoms with Crippen LogP contribution < -0.4 is 14.8 Å². The number of benzene rings is 2. The Hall–Kier alpha value is -2.97. The van der Waals surface area contributed by atoms with Gasteiger partial charge >= 0.3 is 6.18 Å². The second-order valence-corrected chi connectivity index (χ2v) is 10.9. The molecule has 14 heteroatoms. The van der Waals surface area contributed by atoms with Crippen molar-refractivity contribution in [3.8, 4) is 0 Å². The highest BCUT2D eigenvalue weighted by molar-refractivity contribution is 7.90. The number of carbonyl (C=O) groups excluding carboxylic acids is 2. The quantitative estimate of drug-likeness (QED) is 0.488. The van der Waals surface area contributed by atoms with E-state index in [4.69, 9.17) is 0 Å². The first-order valence-electron chi connectivity index (χ1n) is 9.67. The molecule has 0 radical (unpaired) electrons. The molecular formula is C20H22F3N3O6S2. The van der Waals surface area contributed by atoms with E-state index in [1.54, 1.807) is 4.72 Å². The van der Waals surface area contributed by atoms with Crippen LogP contribution in [0.25, 0.3) is 0 Å². The lowest BCUT2D eigenvalue weighted by molar-refractivity contribution is -0.137. The van der Waals surface area contributed by atoms with Crippen LogP contribution in [0.2, 0.25) is 0 Å². The van der Waals surface area contributed by atoms with E-state index >= 15 is 0 Å². The minimum atomic E-state index is -4.75. The van der Waals surface area contributed by atoms with Gasteiger partial charge in [0.2, 0.25) is 21.8 Å². The topological polar surface area (TPSA) is 139 Å². The Morgan fingerprint density at radius 1 is 0.882 bits per heavy atom. The van der Waals surface area contributed by atoms with Gasteiger partial charge in [0.05, 0.1) is 15.4 Å². The maximum atomic E-state index is 12.9. The van der Waals surface area contributed by atoms with E-state index in [0.29, 0.717) is 6.07 Å². The lowest BCUT2D eigenvalue weighted by Gasteiger charge is -2.22. The Morgan fingerprint density at radius 2 is 1.47 bits per heavy atom. The van der Waals surface area contributed by atoms with Crippen LogP contribution in [-0.4, -0.2) is 34.7 Å². The van der Waals surface area contributed by atoms with Gasteiger partial charge in [0.1, 0.15) is 6.04 Å². The SMILES string of the molecule is CC(=O)NS(=O)(=O)c1ccc(NC(=O)[C@@H](NS(=O)(=O)c2cccc(C(F)(F)F)c2)C(C)C)cc1. The predicted octanol–water partition coefficient (Wildman–Crippen LogP) is 2.47. The molecule has 2 amide bonds. The molecule has 0 saturated carbocycles. The minimum absolute atomic E-state index is 0.121. The number of amides is 2. The van der Waals surface area contributed by atoms with Crippen molar-refractivity contribution in [2.24, 2.45) is 5.92 Å². The average Bonchev–Trinajstić information content (AvgIpc) is 2.70. The zero-order valence-corrected chi connectivity index (χ0v) is 19.8. The summed E-state index contributed by atoms with van der Waals surface area (Å²) in [5, 5.41) is 2.42. The van der Waals surface area contributed by atoms with Crippen molar-refractivity contribution >= 4 is 37.5 Å². The fourth-order valence-corrected chi connectivity index (χ4v) is 5.13. The molecule has 9 nitrogen and oxygen atoms in total. The van der Waals surface area contributed by atoms with Crippen molar-refractivity contribution in [3.63, 3.8) is 0 Å². The number of carbonyl (C=O) groups is 2. The van der Waals surface area contributed by atoms with Crippen LogP contribution >= 0.6 is 0 Å². The Kier molecular flexibility index (Phi) is 8.11. The monoisotopic (exact) mass is 521 g/mol. The van der Waals surface area contributed by atoms with E-state index in [1.165, 1.54) is 26.0 Å². The van der Waals surface area contributed by atoms with Crippen LogP contribution in [0.3, 0.4) is 0 Å². The molecule has 2 aromatic carbocycles. The number of nitrogens with one attached hydrogen (secondary N) is 3. The molecule has 0 aromatic heterocycles. The van der Waals surface area contributed by atoms with E-state index in [1.807, 2.05) is 0 Å². The normalized spacial score (nSPS) is 13.4. The molecule has 1 atom stereocenters. The fourth-order valence-electron chi connectivity index (χ4n) is 2.75. The van der Waals surface area contributed by atoms with Crippen LogP contribution in [-0.2, 0) is 35.8 Å². The van der Waals surface area contributed by atoms with E-state index in [0.717, 1.165) is 37.3 Å². The van der Waals surface area contributed by atoms with Gasteiger partial charge in [-0.2, -0.15) is 17.9 Å². The standard InChI is InChI=1S/C20H22F3N3O6S2/c1-12(2)18(26-34(31,32)17-6-4-5-14(11-17)20(21,22)23)19(28)24-15-7-9-16(10-8-15)33(29,30)25-13(3)27/h4-12,18,26H,1-3H3,(H,24,28)(H,25,27)/t18-/m0/s1. The first kappa shape index (κ1) is 27.3. The number of alkyl halides is 3. The third kappa shape index (κ3) is 7.01. The third-order valence-corrected chi connectivity index (χ3v) is 7.30. The predicted molar refractivity (Wildman–Crippen MR) is 116 cm³/mol. The summed E-state index contributed by atoms with van der Waals surface area (Å²) in [4.78, 5) is 22.8. The molecule has 0 heterocycles. The molecule has 0 aliphatic heterocycles. The summed E-state index contributed by atoms with van der Waals surface area (Å²) in [6, 6.07) is 6.45. The second-order valence-electron chi connectivity index (χ2n) is 7.54. The average molecular weight is 522 g/mol. The summed E-state index contributed by atoms with van der Waals surface area (Å²) in [5.74, 6) is -2.20. The number of sulfonamides is 2. The van der Waals surface area contributed by atoms with Crippen LogP contribution in [0.5, 0.6) is 0 Å². The maximum absolute atomic E-state index is 12.9. The molecule has 2 aromatic rings. The van der Waals surface area contributed by atoms with Crippen molar-refractivity contribution < 1.29 is 39.6 Å². The number of rotatable bonds is 8. The van der Waals surface area contributed by atoms with Crippen LogP contribution in [0, 0.1) is 5.92 Å². The molecule has 0 saturated heterocycles. The smallest absolute Gasteiger partial charge is 0.325 e. The summed E-state index contributed by atoms with van der Waals surface area (Å²) < 4.78 is 92.0. The van der Waals surface area contributed by atoms with Crippen LogP contribution in [0.1, 0.15) is 26.3 Å². The van der Waals surface area contributed by atoms with Gasteiger partial charge in [-0.25, -0.2) is 21.6 Å². The summed E-state index contributed by atoms with van der Waals surface area (Å²) in [7, 11) is -8.58. The number of hydrogen-bond acceptors (Lipinski definition) is 6. The Bertz CT molecular complexity index is 1280. The third-order valence-electron chi connectivity index (χ3n) is 4.41. The van der Waals surface area contributed by atoms with Gasteiger partial charge in [-0.3, -0.25) is 9.59 Å². The zero-order chi connectivity index (χ0) is 25.9. The summed E-state index contributed by atoms with van der Waals surface area (Å²) in [5.41, 5.74) is -1.04. The Morgan fingerprint density at radius 3 is 1.97 bits per heavy atom. The second kappa shape index (κ2) is 10.1. The molecule has 0 aliphatic carbocycles. The lowest BCUT2D eigenvalue weighted by atomic mass is 10.0. The summed E-state index contributed by atoms with van der Waals surface area (Å²) in [6.07, 6.45) is -4.75. The van der Waals surface area contributed by atoms with E-state index in [9.17, 15) is 39.6 Å². The minimum Gasteiger partial charge on any atom is -0.325 e. The van der Waals surface area contributed by atoms with Gasteiger partial charge in [0.25, 0.3) is 10.0 Å². The first-order valence-corrected chi connectivity index (χ1v) is 12.6. The van der Waals surface area contributed by atoms with E-state index < -0.39 is 60.5 Å². The van der Waals surface area contributed by atoms with Crippen molar-refractivity contribution in [3.05, 3.63) is 54.1 Å². The molecule has 186 valence electrons. The van der Waals surface area contributed by atoms with Gasteiger partial charge < -0.3 is 5.32 Å². The number of hydrogen-bond donors (Lipinski definition) is 3. The molecule has 0 unspecified atom stereocenters. The Labute approximate surface area is 194 Å². The van der Waals surface area contributed by atoms with Crippen molar-refractivity contribution in [2.75, 3.05) is 5.32 Å². The van der Waals surface area contributed by atoms with Gasteiger partial charge in [-0.1, -0.05) is 19.9 Å². The van der Waals surface area contributed by atoms with Gasteiger partial charge in [-0.05, 0) is 48.4 Å². The fraction of sp³-hybridized carbons (Fsp3) is 0.300. The number of halogens is 3. The van der Waals surface area contributed by atoms with E-state index in [2.05, 4.69) is 10.0 Å². The van der Waals surface area contributed by atoms with Crippen LogP contribution in [0.15, 0.2) is 58.3 Å². The van der Waals surface area contributed by atoms with Crippen molar-refractivity contribution in [1.82, 2.24) is 9.44 Å². The molecule has 2 rings (SSSR count). The Balaban J connectivity index is 2.23. The highest BCUT2D eigenvalue weighted by Gasteiger charge is 2.33. The summed E-state index contributed by atoms with van der Waals surface area (Å²) >= 11 is 0.